The molecule has 17 heavy (non-hydrogen) atoms. The summed E-state index contributed by atoms with van der Waals surface area (Å²) in [6, 6.07) is 0. The zero-order valence-corrected chi connectivity index (χ0v) is 13.2. The molecule has 0 saturated carbocycles. The van der Waals surface area contributed by atoms with E-state index in [-0.39, 0.29) is 0 Å². The van der Waals surface area contributed by atoms with E-state index in [2.05, 4.69) is 41.5 Å². The summed E-state index contributed by atoms with van der Waals surface area (Å²) in [7, 11) is 1.42. The van der Waals surface area contributed by atoms with Gasteiger partial charge in [-0.2, -0.15) is 0 Å². The van der Waals surface area contributed by atoms with Crippen LogP contribution in [0.4, 0.5) is 0 Å². The van der Waals surface area contributed by atoms with Crippen molar-refractivity contribution in [1.82, 2.24) is 0 Å². The lowest BCUT2D eigenvalue weighted by atomic mass is 9.32. The topological polar surface area (TPSA) is 0 Å². The third-order valence-corrected chi connectivity index (χ3v) is 5.74. The van der Waals surface area contributed by atoms with Gasteiger partial charge in [0.25, 0.3) is 0 Å². The Morgan fingerprint density at radius 3 is 1.94 bits per heavy atom. The van der Waals surface area contributed by atoms with Crippen molar-refractivity contribution in [2.75, 3.05) is 0 Å². The van der Waals surface area contributed by atoms with E-state index in [9.17, 15) is 0 Å². The molecule has 2 atom stereocenters. The zero-order valence-electron chi connectivity index (χ0n) is 13.2. The van der Waals surface area contributed by atoms with Gasteiger partial charge in [-0.15, -0.1) is 0 Å². The summed E-state index contributed by atoms with van der Waals surface area (Å²) in [5, 5.41) is 1.09. The molecule has 2 unspecified atom stereocenters. The van der Waals surface area contributed by atoms with Crippen molar-refractivity contribution in [3.63, 3.8) is 0 Å². The van der Waals surface area contributed by atoms with Gasteiger partial charge >= 0.3 is 0 Å². The van der Waals surface area contributed by atoms with Crippen LogP contribution in [-0.2, 0) is 0 Å². The molecule has 0 N–H and O–H groups in total. The van der Waals surface area contributed by atoms with E-state index in [0.717, 1.165) is 0 Å². The quantitative estimate of drug-likeness (QED) is 0.520. The lowest BCUT2D eigenvalue weighted by Crippen LogP contribution is -2.37. The van der Waals surface area contributed by atoms with E-state index in [4.69, 9.17) is 0 Å². The Balaban J connectivity index is 2.93. The van der Waals surface area contributed by atoms with E-state index in [0.29, 0.717) is 16.0 Å². The van der Waals surface area contributed by atoms with E-state index < -0.39 is 0 Å². The first-order valence-corrected chi connectivity index (χ1v) is 7.72. The molecule has 0 radical (unpaired) electrons. The Morgan fingerprint density at radius 2 is 1.47 bits per heavy atom. The zero-order chi connectivity index (χ0) is 13.2. The van der Waals surface area contributed by atoms with Crippen molar-refractivity contribution in [1.29, 1.82) is 0 Å². The van der Waals surface area contributed by atoms with E-state index in [1.54, 1.807) is 0 Å². The molecule has 1 heteroatoms. The molecule has 0 spiro atoms. The molecule has 1 saturated heterocycles. The highest BCUT2D eigenvalue weighted by atomic mass is 14.4. The lowest BCUT2D eigenvalue weighted by Gasteiger charge is -2.47. The van der Waals surface area contributed by atoms with Crippen LogP contribution in [0.1, 0.15) is 86.5 Å². The standard InChI is InChI=1S/C16H33B/c1-7-15(5)12-10-8-9-11-13-16(6,17-15)14(2,3)4/h17H,7-13H2,1-6H3. The molecule has 100 valence electrons. The minimum absolute atomic E-state index is 0.438. The maximum Gasteiger partial charge on any atom is 0.135 e. The second kappa shape index (κ2) is 5.37. The van der Waals surface area contributed by atoms with Crippen LogP contribution in [0.3, 0.4) is 0 Å². The molecule has 0 aromatic rings. The van der Waals surface area contributed by atoms with E-state index >= 15 is 0 Å². The van der Waals surface area contributed by atoms with Crippen LogP contribution in [0.15, 0.2) is 0 Å². The summed E-state index contributed by atoms with van der Waals surface area (Å²) in [5.74, 6) is 0. The Morgan fingerprint density at radius 1 is 0.941 bits per heavy atom. The van der Waals surface area contributed by atoms with Crippen LogP contribution in [-0.4, -0.2) is 7.28 Å². The molecular formula is C16H33B. The van der Waals surface area contributed by atoms with Crippen LogP contribution >= 0.6 is 0 Å². The van der Waals surface area contributed by atoms with Gasteiger partial charge in [0.05, 0.1) is 0 Å². The maximum atomic E-state index is 2.55. The molecule has 1 aliphatic heterocycles. The fourth-order valence-corrected chi connectivity index (χ4v) is 3.48. The Bertz CT molecular complexity index is 240. The second-order valence-corrected chi connectivity index (χ2v) is 8.07. The third kappa shape index (κ3) is 3.76. The second-order valence-electron chi connectivity index (χ2n) is 8.07. The van der Waals surface area contributed by atoms with E-state index in [1.807, 2.05) is 0 Å². The fraction of sp³-hybridized carbons (Fsp3) is 1.00. The molecule has 0 aromatic carbocycles. The summed E-state index contributed by atoms with van der Waals surface area (Å²) in [4.78, 5) is 0. The van der Waals surface area contributed by atoms with Gasteiger partial charge in [-0.05, 0) is 5.41 Å². The van der Waals surface area contributed by atoms with Crippen LogP contribution in [0.5, 0.6) is 0 Å². The van der Waals surface area contributed by atoms with Crippen molar-refractivity contribution in [3.8, 4) is 0 Å². The Hall–Kier alpha value is 0.0649. The first-order chi connectivity index (χ1) is 7.72. The number of hydrogen-bond acceptors (Lipinski definition) is 0. The van der Waals surface area contributed by atoms with Crippen LogP contribution in [0, 0.1) is 5.41 Å². The molecule has 1 fully saturated rings. The minimum Gasteiger partial charge on any atom is -0.0666 e. The predicted molar refractivity (Wildman–Crippen MR) is 81.3 cm³/mol. The molecule has 0 nitrogen and oxygen atoms in total. The van der Waals surface area contributed by atoms with Gasteiger partial charge in [-0.25, -0.2) is 0 Å². The Kier molecular flexibility index (Phi) is 4.77. The van der Waals surface area contributed by atoms with E-state index in [1.165, 1.54) is 52.2 Å². The van der Waals surface area contributed by atoms with Gasteiger partial charge < -0.3 is 0 Å². The van der Waals surface area contributed by atoms with Gasteiger partial charge in [-0.3, -0.25) is 0 Å². The van der Waals surface area contributed by atoms with Crippen LogP contribution < -0.4 is 0 Å². The van der Waals surface area contributed by atoms with Gasteiger partial charge in [0.2, 0.25) is 0 Å². The first-order valence-electron chi connectivity index (χ1n) is 7.72. The van der Waals surface area contributed by atoms with Gasteiger partial charge in [0, 0.05) is 0 Å². The maximum absolute atomic E-state index is 2.55. The molecular weight excluding hydrogens is 203 g/mol. The largest absolute Gasteiger partial charge is 0.135 e. The first kappa shape index (κ1) is 15.1. The molecule has 0 aromatic heterocycles. The summed E-state index contributed by atoms with van der Waals surface area (Å²) in [5.41, 5.74) is 0.438. The molecule has 0 amide bonds. The lowest BCUT2D eigenvalue weighted by molar-refractivity contribution is 0.252. The number of rotatable bonds is 1. The van der Waals surface area contributed by atoms with Crippen molar-refractivity contribution >= 4 is 7.28 Å². The average Bonchev–Trinajstić information content (AvgIpc) is 2.28. The van der Waals surface area contributed by atoms with Gasteiger partial charge in [0.1, 0.15) is 7.28 Å². The highest BCUT2D eigenvalue weighted by molar-refractivity contribution is 6.44. The monoisotopic (exact) mass is 236 g/mol. The third-order valence-electron chi connectivity index (χ3n) is 5.74. The summed E-state index contributed by atoms with van der Waals surface area (Å²) in [6.07, 6.45) is 10.00. The summed E-state index contributed by atoms with van der Waals surface area (Å²) in [6.45, 7) is 14.8. The van der Waals surface area contributed by atoms with Crippen molar-refractivity contribution < 1.29 is 0 Å². The molecule has 1 heterocycles. The highest BCUT2D eigenvalue weighted by Crippen LogP contribution is 2.55. The Labute approximate surface area is 110 Å². The fourth-order valence-electron chi connectivity index (χ4n) is 3.48. The smallest absolute Gasteiger partial charge is 0.0666 e. The van der Waals surface area contributed by atoms with Crippen molar-refractivity contribution in [3.05, 3.63) is 0 Å². The SMILES string of the molecule is CCC1(C)BC(C)(C(C)(C)C)CCCCCC1. The average molecular weight is 236 g/mol. The van der Waals surface area contributed by atoms with Crippen LogP contribution in [0.2, 0.25) is 10.6 Å². The van der Waals surface area contributed by atoms with Gasteiger partial charge in [0.15, 0.2) is 0 Å². The van der Waals surface area contributed by atoms with Gasteiger partial charge in [-0.1, -0.05) is 97.1 Å². The van der Waals surface area contributed by atoms with Crippen molar-refractivity contribution in [2.45, 2.75) is 97.1 Å². The highest BCUT2D eigenvalue weighted by Gasteiger charge is 2.43. The number of hydrogen-bond donors (Lipinski definition) is 0. The summed E-state index contributed by atoms with van der Waals surface area (Å²) >= 11 is 0. The molecule has 1 aliphatic rings. The predicted octanol–water partition coefficient (Wildman–Crippen LogP) is 5.59. The molecule has 0 aliphatic carbocycles. The normalized spacial score (nSPS) is 36.6. The minimum atomic E-state index is 0.438. The molecule has 0 bridgehead atoms. The van der Waals surface area contributed by atoms with Crippen LogP contribution in [0.25, 0.3) is 0 Å². The molecule has 1 rings (SSSR count). The van der Waals surface area contributed by atoms with Crippen molar-refractivity contribution in [2.24, 2.45) is 5.41 Å². The summed E-state index contributed by atoms with van der Waals surface area (Å²) < 4.78 is 0.